The molecule has 3 rings (SSSR count). The smallest absolute Gasteiger partial charge is 0.280 e. The number of nitrogens with one attached hydrogen (secondary N) is 2. The van der Waals surface area contributed by atoms with Crippen molar-refractivity contribution < 1.29 is 18.7 Å². The normalized spacial score (nSPS) is 11.2. The number of hydrogen-bond acceptors (Lipinski definition) is 3. The summed E-state index contributed by atoms with van der Waals surface area (Å²) in [5.41, 5.74) is 0.730. The van der Waals surface area contributed by atoms with E-state index in [2.05, 4.69) is 20.6 Å². The number of benzene rings is 2. The zero-order chi connectivity index (χ0) is 20.8. The van der Waals surface area contributed by atoms with Gasteiger partial charge >= 0.3 is 0 Å². The van der Waals surface area contributed by atoms with Gasteiger partial charge in [0.05, 0.1) is 0 Å². The summed E-state index contributed by atoms with van der Waals surface area (Å²) >= 11 is 5.82. The van der Waals surface area contributed by atoms with Crippen molar-refractivity contribution in [2.45, 2.75) is 6.54 Å². The summed E-state index contributed by atoms with van der Waals surface area (Å²) in [6.07, 6.45) is 0. The van der Waals surface area contributed by atoms with Crippen molar-refractivity contribution in [1.82, 2.24) is 10.3 Å². The molecule has 1 amide bonds. The molecule has 2 aromatic carbocycles. The van der Waals surface area contributed by atoms with Crippen LogP contribution in [0.25, 0.3) is 0 Å². The van der Waals surface area contributed by atoms with E-state index in [1.165, 1.54) is 24.3 Å². The molecular weight excluding hydrogens is 402 g/mol. The fourth-order valence-corrected chi connectivity index (χ4v) is 2.45. The number of anilines is 1. The van der Waals surface area contributed by atoms with Gasteiger partial charge in [-0.25, -0.2) is 8.78 Å². The molecule has 0 radical (unpaired) electrons. The molecule has 0 unspecified atom stereocenters. The van der Waals surface area contributed by atoms with E-state index in [1.807, 2.05) is 0 Å². The van der Waals surface area contributed by atoms with Crippen molar-refractivity contribution in [3.63, 3.8) is 0 Å². The second-order valence-corrected chi connectivity index (χ2v) is 6.32. The Kier molecular flexibility index (Phi) is 6.36. The van der Waals surface area contributed by atoms with E-state index >= 15 is 0 Å². The maximum Gasteiger partial charge on any atom is 0.280 e. The molecule has 0 aliphatic heterocycles. The third-order valence-electron chi connectivity index (χ3n) is 3.73. The number of carbonyl (C=O) groups excluding carboxylic acids is 1. The van der Waals surface area contributed by atoms with Gasteiger partial charge in [-0.3, -0.25) is 4.79 Å². The van der Waals surface area contributed by atoms with E-state index in [0.29, 0.717) is 16.1 Å². The van der Waals surface area contributed by atoms with Crippen LogP contribution in [0, 0.1) is 11.6 Å². The zero-order valence-electron chi connectivity index (χ0n) is 14.9. The number of nitrogens with zero attached hydrogens (tertiary/aromatic N) is 2. The van der Waals surface area contributed by atoms with Gasteiger partial charge in [-0.1, -0.05) is 23.7 Å². The number of aromatic hydroxyl groups is 1. The van der Waals surface area contributed by atoms with Gasteiger partial charge in [0, 0.05) is 23.2 Å². The molecule has 6 nitrogen and oxygen atoms in total. The topological polar surface area (TPSA) is 86.6 Å². The summed E-state index contributed by atoms with van der Waals surface area (Å²) in [4.78, 5) is 20.3. The molecule has 148 valence electrons. The first kappa shape index (κ1) is 20.2. The maximum atomic E-state index is 13.4. The Morgan fingerprint density at radius 3 is 2.52 bits per heavy atom. The van der Waals surface area contributed by atoms with Crippen molar-refractivity contribution in [3.05, 3.63) is 88.4 Å². The monoisotopic (exact) mass is 416 g/mol. The molecule has 3 N–H and O–H groups in total. The van der Waals surface area contributed by atoms with Crippen LogP contribution >= 0.6 is 11.6 Å². The summed E-state index contributed by atoms with van der Waals surface area (Å²) in [7, 11) is 0. The van der Waals surface area contributed by atoms with Gasteiger partial charge in [0.25, 0.3) is 5.91 Å². The number of carbonyl (C=O) groups is 1. The molecular formula is C20H15ClF2N4O2. The lowest BCUT2D eigenvalue weighted by atomic mass is 10.2. The first-order valence-electron chi connectivity index (χ1n) is 8.40. The van der Waals surface area contributed by atoms with Crippen molar-refractivity contribution in [2.24, 2.45) is 4.99 Å². The van der Waals surface area contributed by atoms with Gasteiger partial charge in [0.2, 0.25) is 11.8 Å². The van der Waals surface area contributed by atoms with Gasteiger partial charge in [-0.05, 0) is 48.0 Å². The molecule has 3 aromatic rings. The van der Waals surface area contributed by atoms with Gasteiger partial charge < -0.3 is 15.7 Å². The number of amides is 1. The largest absolute Gasteiger partial charge is 0.493 e. The number of rotatable bonds is 4. The predicted molar refractivity (Wildman–Crippen MR) is 106 cm³/mol. The van der Waals surface area contributed by atoms with Gasteiger partial charge in [-0.15, -0.1) is 0 Å². The lowest BCUT2D eigenvalue weighted by molar-refractivity contribution is 0.100. The Morgan fingerprint density at radius 1 is 1.07 bits per heavy atom. The molecule has 0 bridgehead atoms. The molecule has 29 heavy (non-hydrogen) atoms. The highest BCUT2D eigenvalue weighted by Gasteiger charge is 2.10. The van der Waals surface area contributed by atoms with E-state index in [-0.39, 0.29) is 24.2 Å². The average molecular weight is 417 g/mol. The van der Waals surface area contributed by atoms with Gasteiger partial charge in [0.15, 0.2) is 11.6 Å². The highest BCUT2D eigenvalue weighted by molar-refractivity contribution is 6.30. The van der Waals surface area contributed by atoms with Crippen LogP contribution in [0.2, 0.25) is 5.02 Å². The minimum absolute atomic E-state index is 0.00721. The lowest BCUT2D eigenvalue weighted by Crippen LogP contribution is -2.31. The minimum Gasteiger partial charge on any atom is -0.493 e. The summed E-state index contributed by atoms with van der Waals surface area (Å²) in [6, 6.07) is 14.1. The maximum absolute atomic E-state index is 13.4. The minimum atomic E-state index is -0.984. The van der Waals surface area contributed by atoms with Crippen molar-refractivity contribution in [3.8, 4) is 5.88 Å². The molecule has 0 aliphatic rings. The SMILES string of the molecule is O=C(/N=C(/NCc1ccc(F)c(F)c1)Nc1cccc(O)n1)c1ccc(Cl)cc1. The van der Waals surface area contributed by atoms with Crippen molar-refractivity contribution in [2.75, 3.05) is 5.32 Å². The Labute approximate surface area is 169 Å². The molecule has 1 aromatic heterocycles. The summed E-state index contributed by atoms with van der Waals surface area (Å²) < 4.78 is 26.5. The molecule has 9 heteroatoms. The van der Waals surface area contributed by atoms with E-state index in [0.717, 1.165) is 12.1 Å². The molecule has 0 spiro atoms. The second-order valence-electron chi connectivity index (χ2n) is 5.88. The highest BCUT2D eigenvalue weighted by atomic mass is 35.5. The van der Waals surface area contributed by atoms with E-state index < -0.39 is 17.5 Å². The second kappa shape index (κ2) is 9.11. The van der Waals surface area contributed by atoms with E-state index in [9.17, 15) is 18.7 Å². The number of hydrogen-bond donors (Lipinski definition) is 3. The Bertz CT molecular complexity index is 1060. The lowest BCUT2D eigenvalue weighted by Gasteiger charge is -2.12. The van der Waals surface area contributed by atoms with Crippen LogP contribution < -0.4 is 10.6 Å². The highest BCUT2D eigenvalue weighted by Crippen LogP contribution is 2.12. The standard InChI is InChI=1S/C20H15ClF2N4O2/c21-14-7-5-13(6-8-14)19(29)27-20(26-17-2-1-3-18(28)25-17)24-11-12-4-9-15(22)16(23)10-12/h1-10H,11H2,(H3,24,25,26,27,28,29). The average Bonchev–Trinajstić information content (AvgIpc) is 2.69. The fourth-order valence-electron chi connectivity index (χ4n) is 2.32. The third-order valence-corrected chi connectivity index (χ3v) is 3.98. The number of aliphatic imine (C=N–C) groups is 1. The van der Waals surface area contributed by atoms with Gasteiger partial charge in [-0.2, -0.15) is 9.98 Å². The molecule has 0 saturated carbocycles. The number of halogens is 3. The van der Waals surface area contributed by atoms with Crippen molar-refractivity contribution >= 4 is 29.3 Å². The first-order valence-corrected chi connectivity index (χ1v) is 8.78. The van der Waals surface area contributed by atoms with Crippen LogP contribution in [-0.2, 0) is 6.54 Å². The molecule has 0 atom stereocenters. The van der Waals surface area contributed by atoms with Crippen LogP contribution in [0.15, 0.2) is 65.7 Å². The zero-order valence-corrected chi connectivity index (χ0v) is 15.6. The molecule has 0 fully saturated rings. The van der Waals surface area contributed by atoms with Crippen LogP contribution in [0.4, 0.5) is 14.6 Å². The van der Waals surface area contributed by atoms with E-state index in [4.69, 9.17) is 11.6 Å². The Morgan fingerprint density at radius 2 is 1.83 bits per heavy atom. The van der Waals surface area contributed by atoms with Crippen LogP contribution in [0.5, 0.6) is 5.88 Å². The van der Waals surface area contributed by atoms with Crippen LogP contribution in [0.1, 0.15) is 15.9 Å². The summed E-state index contributed by atoms with van der Waals surface area (Å²) in [5.74, 6) is -2.50. The van der Waals surface area contributed by atoms with Crippen molar-refractivity contribution in [1.29, 1.82) is 0 Å². The van der Waals surface area contributed by atoms with Crippen LogP contribution in [0.3, 0.4) is 0 Å². The fraction of sp³-hybridized carbons (Fsp3) is 0.0500. The summed E-state index contributed by atoms with van der Waals surface area (Å²) in [5, 5.41) is 15.6. The number of guanidine groups is 1. The summed E-state index contributed by atoms with van der Waals surface area (Å²) in [6.45, 7) is 0.0513. The van der Waals surface area contributed by atoms with Crippen LogP contribution in [-0.4, -0.2) is 22.0 Å². The van der Waals surface area contributed by atoms with E-state index in [1.54, 1.807) is 24.3 Å². The predicted octanol–water partition coefficient (Wildman–Crippen LogP) is 4.12. The molecule has 0 aliphatic carbocycles. The Balaban J connectivity index is 1.82. The van der Waals surface area contributed by atoms with Gasteiger partial charge in [0.1, 0.15) is 5.82 Å². The molecule has 1 heterocycles. The Hall–Kier alpha value is -3.52. The third kappa shape index (κ3) is 5.73. The number of aromatic nitrogens is 1. The first-order chi connectivity index (χ1) is 13.9. The molecule has 0 saturated heterocycles. The quantitative estimate of drug-likeness (QED) is 0.440. The number of pyridine rings is 1.